The SMILES string of the molecule is CC(=O)O[C@@H](C(=O)O[C@@H](C/C=C\CC[C@@H](C)O[Si](C)(C)C(C)(C)C)c1ccccc1)c1ccccc1. The van der Waals surface area contributed by atoms with Crippen LogP contribution in [0.25, 0.3) is 0 Å². The molecule has 36 heavy (non-hydrogen) atoms. The summed E-state index contributed by atoms with van der Waals surface area (Å²) < 4.78 is 17.7. The van der Waals surface area contributed by atoms with Crippen LogP contribution in [-0.2, 0) is 23.5 Å². The second-order valence-electron chi connectivity index (χ2n) is 10.7. The second-order valence-corrected chi connectivity index (χ2v) is 15.5. The molecular weight excluding hydrogens is 468 g/mol. The Hall–Kier alpha value is -2.70. The monoisotopic (exact) mass is 510 g/mol. The quantitative estimate of drug-likeness (QED) is 0.166. The second kappa shape index (κ2) is 13.6. The Balaban J connectivity index is 2.04. The van der Waals surface area contributed by atoms with Gasteiger partial charge in [0.05, 0.1) is 0 Å². The van der Waals surface area contributed by atoms with Gasteiger partial charge in [-0.05, 0) is 43.5 Å². The normalized spacial score (nSPS) is 14.8. The fourth-order valence-corrected chi connectivity index (χ4v) is 5.05. The summed E-state index contributed by atoms with van der Waals surface area (Å²) >= 11 is 0. The van der Waals surface area contributed by atoms with Gasteiger partial charge in [0.2, 0.25) is 6.10 Å². The number of carbonyl (C=O) groups is 2. The molecule has 2 aromatic rings. The van der Waals surface area contributed by atoms with Crippen molar-refractivity contribution in [2.24, 2.45) is 0 Å². The van der Waals surface area contributed by atoms with Crippen molar-refractivity contribution < 1.29 is 23.5 Å². The molecule has 0 fully saturated rings. The third-order valence-corrected chi connectivity index (χ3v) is 11.2. The van der Waals surface area contributed by atoms with Gasteiger partial charge in [-0.1, -0.05) is 93.6 Å². The van der Waals surface area contributed by atoms with E-state index in [1.54, 1.807) is 24.3 Å². The van der Waals surface area contributed by atoms with E-state index < -0.39 is 32.5 Å². The van der Waals surface area contributed by atoms with E-state index in [4.69, 9.17) is 13.9 Å². The van der Waals surface area contributed by atoms with Crippen molar-refractivity contribution in [3.8, 4) is 0 Å². The molecule has 0 saturated carbocycles. The Morgan fingerprint density at radius 2 is 1.44 bits per heavy atom. The number of rotatable bonds is 12. The average Bonchev–Trinajstić information content (AvgIpc) is 2.81. The Morgan fingerprint density at radius 3 is 1.97 bits per heavy atom. The zero-order valence-electron chi connectivity index (χ0n) is 22.8. The van der Waals surface area contributed by atoms with Gasteiger partial charge in [-0.2, -0.15) is 0 Å². The van der Waals surface area contributed by atoms with Gasteiger partial charge in [0.15, 0.2) is 8.32 Å². The fourth-order valence-electron chi connectivity index (χ4n) is 3.58. The molecule has 0 radical (unpaired) electrons. The van der Waals surface area contributed by atoms with Crippen LogP contribution >= 0.6 is 0 Å². The van der Waals surface area contributed by atoms with Gasteiger partial charge in [0, 0.05) is 25.0 Å². The lowest BCUT2D eigenvalue weighted by molar-refractivity contribution is -0.171. The number of benzene rings is 2. The summed E-state index contributed by atoms with van der Waals surface area (Å²) in [4.78, 5) is 24.8. The number of ether oxygens (including phenoxy) is 2. The van der Waals surface area contributed by atoms with Crippen molar-refractivity contribution in [1.29, 1.82) is 0 Å². The first-order valence-electron chi connectivity index (χ1n) is 12.7. The molecule has 0 saturated heterocycles. The van der Waals surface area contributed by atoms with Crippen molar-refractivity contribution in [2.75, 3.05) is 0 Å². The molecule has 6 heteroatoms. The predicted octanol–water partition coefficient (Wildman–Crippen LogP) is 7.71. The zero-order chi connectivity index (χ0) is 26.8. The van der Waals surface area contributed by atoms with E-state index in [2.05, 4.69) is 46.9 Å². The molecule has 0 aliphatic rings. The summed E-state index contributed by atoms with van der Waals surface area (Å²) in [6, 6.07) is 18.6. The predicted molar refractivity (Wildman–Crippen MR) is 147 cm³/mol. The van der Waals surface area contributed by atoms with Crippen LogP contribution in [0, 0.1) is 0 Å². The first-order chi connectivity index (χ1) is 16.9. The van der Waals surface area contributed by atoms with Crippen molar-refractivity contribution in [2.45, 2.75) is 90.3 Å². The average molecular weight is 511 g/mol. The number of hydrogen-bond donors (Lipinski definition) is 0. The standard InChI is InChI=1S/C30H42O5Si/c1-23(35-36(6,7)30(3,4)5)17-11-8-16-22-27(25-18-12-9-13-19-25)34-29(32)28(33-24(2)31)26-20-14-10-15-21-26/h8-10,12-16,18-21,23,27-28H,11,17,22H2,1-7H3/b16-8-/t23-,27+,28-/m1/s1. The Morgan fingerprint density at radius 1 is 0.889 bits per heavy atom. The minimum atomic E-state index is -1.78. The highest BCUT2D eigenvalue weighted by molar-refractivity contribution is 6.74. The molecule has 2 rings (SSSR count). The molecule has 5 nitrogen and oxygen atoms in total. The molecule has 0 spiro atoms. The summed E-state index contributed by atoms with van der Waals surface area (Å²) in [7, 11) is -1.78. The van der Waals surface area contributed by atoms with Gasteiger partial charge in [-0.25, -0.2) is 4.79 Å². The maximum Gasteiger partial charge on any atom is 0.352 e. The van der Waals surface area contributed by atoms with Crippen LogP contribution in [0.4, 0.5) is 0 Å². The van der Waals surface area contributed by atoms with Crippen molar-refractivity contribution in [3.05, 3.63) is 83.9 Å². The topological polar surface area (TPSA) is 61.8 Å². The number of allylic oxidation sites excluding steroid dienone is 1. The molecule has 0 amide bonds. The van der Waals surface area contributed by atoms with Gasteiger partial charge >= 0.3 is 11.9 Å². The van der Waals surface area contributed by atoms with Crippen molar-refractivity contribution in [1.82, 2.24) is 0 Å². The summed E-state index contributed by atoms with van der Waals surface area (Å²) in [5.41, 5.74) is 1.47. The Labute approximate surface area is 218 Å². The van der Waals surface area contributed by atoms with Crippen LogP contribution in [0.2, 0.25) is 18.1 Å². The number of esters is 2. The van der Waals surface area contributed by atoms with Crippen molar-refractivity contribution in [3.63, 3.8) is 0 Å². The van der Waals surface area contributed by atoms with Crippen LogP contribution in [0.5, 0.6) is 0 Å². The van der Waals surface area contributed by atoms with E-state index >= 15 is 0 Å². The largest absolute Gasteiger partial charge is 0.454 e. The zero-order valence-corrected chi connectivity index (χ0v) is 23.8. The van der Waals surface area contributed by atoms with Crippen LogP contribution in [-0.4, -0.2) is 26.4 Å². The minimum Gasteiger partial charge on any atom is -0.454 e. The van der Waals surface area contributed by atoms with E-state index in [-0.39, 0.29) is 11.1 Å². The maximum absolute atomic E-state index is 13.1. The lowest BCUT2D eigenvalue weighted by Crippen LogP contribution is -2.43. The van der Waals surface area contributed by atoms with Crippen molar-refractivity contribution >= 4 is 20.3 Å². The highest BCUT2D eigenvalue weighted by atomic mass is 28.4. The summed E-state index contributed by atoms with van der Waals surface area (Å²) in [5.74, 6) is -1.12. The van der Waals surface area contributed by atoms with E-state index in [1.807, 2.05) is 42.5 Å². The molecular formula is C30H42O5Si. The highest BCUT2D eigenvalue weighted by Crippen LogP contribution is 2.37. The summed E-state index contributed by atoms with van der Waals surface area (Å²) in [6.07, 6.45) is 5.10. The van der Waals surface area contributed by atoms with Crippen LogP contribution < -0.4 is 0 Å². The molecule has 0 aliphatic heterocycles. The lowest BCUT2D eigenvalue weighted by Gasteiger charge is -2.38. The number of hydrogen-bond acceptors (Lipinski definition) is 5. The van der Waals surface area contributed by atoms with Crippen LogP contribution in [0.15, 0.2) is 72.8 Å². The van der Waals surface area contributed by atoms with Gasteiger partial charge in [-0.3, -0.25) is 4.79 Å². The molecule has 0 bridgehead atoms. The molecule has 196 valence electrons. The highest BCUT2D eigenvalue weighted by Gasteiger charge is 2.38. The summed E-state index contributed by atoms with van der Waals surface area (Å²) in [6.45, 7) is 14.7. The molecule has 0 aromatic heterocycles. The van der Waals surface area contributed by atoms with Crippen LogP contribution in [0.3, 0.4) is 0 Å². The molecule has 0 aliphatic carbocycles. The van der Waals surface area contributed by atoms with Crippen LogP contribution in [0.1, 0.15) is 77.2 Å². The third-order valence-electron chi connectivity index (χ3n) is 6.59. The molecule has 0 unspecified atom stereocenters. The summed E-state index contributed by atoms with van der Waals surface area (Å²) in [5, 5.41) is 0.188. The smallest absolute Gasteiger partial charge is 0.352 e. The third kappa shape index (κ3) is 9.39. The Kier molecular flexibility index (Phi) is 11.1. The molecule has 2 aromatic carbocycles. The van der Waals surface area contributed by atoms with E-state index in [0.29, 0.717) is 12.0 Å². The van der Waals surface area contributed by atoms with Gasteiger partial charge in [0.1, 0.15) is 6.10 Å². The van der Waals surface area contributed by atoms with Gasteiger partial charge in [-0.15, -0.1) is 0 Å². The van der Waals surface area contributed by atoms with E-state index in [9.17, 15) is 9.59 Å². The van der Waals surface area contributed by atoms with Gasteiger partial charge < -0.3 is 13.9 Å². The minimum absolute atomic E-state index is 0.188. The molecule has 0 N–H and O–H groups in total. The fraction of sp³-hybridized carbons (Fsp3) is 0.467. The Bertz CT molecular complexity index is 979. The van der Waals surface area contributed by atoms with Gasteiger partial charge in [0.25, 0.3) is 0 Å². The number of carbonyl (C=O) groups excluding carboxylic acids is 2. The maximum atomic E-state index is 13.1. The first kappa shape index (κ1) is 29.5. The van der Waals surface area contributed by atoms with E-state index in [0.717, 1.165) is 18.4 Å². The molecule has 3 atom stereocenters. The first-order valence-corrected chi connectivity index (χ1v) is 15.6. The molecule has 0 heterocycles. The van der Waals surface area contributed by atoms with E-state index in [1.165, 1.54) is 6.92 Å². The lowest BCUT2D eigenvalue weighted by atomic mass is 10.0.